The summed E-state index contributed by atoms with van der Waals surface area (Å²) in [4.78, 5) is 10.8. The minimum Gasteiger partial charge on any atom is -0.481 e. The lowest BCUT2D eigenvalue weighted by Gasteiger charge is -2.08. The molecule has 0 amide bonds. The summed E-state index contributed by atoms with van der Waals surface area (Å²) in [5.41, 5.74) is 0.727. The third-order valence-corrected chi connectivity index (χ3v) is 2.46. The monoisotopic (exact) mass is 240 g/mol. The lowest BCUT2D eigenvalue weighted by molar-refractivity contribution is -0.137. The quantitative estimate of drug-likeness (QED) is 0.826. The van der Waals surface area contributed by atoms with Crippen LogP contribution in [0.2, 0.25) is 0 Å². The fourth-order valence-corrected chi connectivity index (χ4v) is 1.62. The molecule has 0 aliphatic heterocycles. The number of hydrogen-bond acceptors (Lipinski definition) is 1. The van der Waals surface area contributed by atoms with Gasteiger partial charge in [-0.05, 0) is 11.6 Å². The first-order chi connectivity index (χ1) is 6.16. The molecule has 13 heavy (non-hydrogen) atoms. The first-order valence-corrected chi connectivity index (χ1v) is 4.56. The van der Waals surface area contributed by atoms with Gasteiger partial charge in [-0.15, -0.1) is 6.58 Å². The molecular weight excluding hydrogens is 232 g/mol. The topological polar surface area (TPSA) is 37.3 Å². The number of carbonyl (C=O) groups is 1. The van der Waals surface area contributed by atoms with Crippen LogP contribution in [0.25, 0.3) is 0 Å². The Bertz CT molecular complexity index is 333. The van der Waals surface area contributed by atoms with E-state index in [0.29, 0.717) is 0 Å². The Kier molecular flexibility index (Phi) is 3.25. The molecule has 0 heterocycles. The van der Waals surface area contributed by atoms with Gasteiger partial charge in [-0.1, -0.05) is 40.2 Å². The maximum absolute atomic E-state index is 10.8. The van der Waals surface area contributed by atoms with Gasteiger partial charge in [0.2, 0.25) is 0 Å². The predicted octanol–water partition coefficient (Wildman–Crippen LogP) is 2.80. The van der Waals surface area contributed by atoms with E-state index in [-0.39, 0.29) is 0 Å². The highest BCUT2D eigenvalue weighted by Gasteiger charge is 2.17. The van der Waals surface area contributed by atoms with Gasteiger partial charge in [0.05, 0.1) is 0 Å². The van der Waals surface area contributed by atoms with E-state index in [4.69, 9.17) is 5.11 Å². The largest absolute Gasteiger partial charge is 0.481 e. The zero-order valence-electron chi connectivity index (χ0n) is 6.90. The van der Waals surface area contributed by atoms with E-state index >= 15 is 0 Å². The predicted molar refractivity (Wildman–Crippen MR) is 54.7 cm³/mol. The molecule has 1 rings (SSSR count). The average Bonchev–Trinajstić information content (AvgIpc) is 2.09. The van der Waals surface area contributed by atoms with E-state index in [2.05, 4.69) is 22.5 Å². The molecule has 0 spiro atoms. The number of halogens is 1. The Labute approximate surface area is 85.0 Å². The van der Waals surface area contributed by atoms with Gasteiger partial charge in [0.25, 0.3) is 0 Å². The lowest BCUT2D eigenvalue weighted by atomic mass is 10.00. The van der Waals surface area contributed by atoms with E-state index < -0.39 is 11.9 Å². The molecule has 2 nitrogen and oxygen atoms in total. The zero-order valence-corrected chi connectivity index (χ0v) is 8.49. The van der Waals surface area contributed by atoms with Crippen LogP contribution in [0, 0.1) is 0 Å². The molecule has 0 saturated carbocycles. The van der Waals surface area contributed by atoms with Crippen LogP contribution in [-0.4, -0.2) is 11.1 Å². The molecule has 0 aliphatic carbocycles. The van der Waals surface area contributed by atoms with Gasteiger partial charge in [-0.2, -0.15) is 0 Å². The molecule has 1 unspecified atom stereocenters. The Morgan fingerprint density at radius 1 is 1.54 bits per heavy atom. The minimum atomic E-state index is -0.887. The minimum absolute atomic E-state index is 0.643. The number of rotatable bonds is 3. The van der Waals surface area contributed by atoms with Crippen LogP contribution in [-0.2, 0) is 4.79 Å². The Hall–Kier alpha value is -1.09. The molecule has 1 aromatic rings. The highest BCUT2D eigenvalue weighted by atomic mass is 79.9. The van der Waals surface area contributed by atoms with Crippen LogP contribution >= 0.6 is 15.9 Å². The van der Waals surface area contributed by atoms with Crippen LogP contribution in [0.5, 0.6) is 0 Å². The van der Waals surface area contributed by atoms with Crippen LogP contribution in [0.15, 0.2) is 41.4 Å². The fraction of sp³-hybridized carbons (Fsp3) is 0.100. The Balaban J connectivity index is 3.12. The maximum Gasteiger partial charge on any atom is 0.314 e. The van der Waals surface area contributed by atoms with Crippen molar-refractivity contribution in [1.82, 2.24) is 0 Å². The molecule has 1 atom stereocenters. The van der Waals surface area contributed by atoms with Crippen molar-refractivity contribution in [1.29, 1.82) is 0 Å². The number of carboxylic acid groups (broad SMARTS) is 1. The summed E-state index contributed by atoms with van der Waals surface area (Å²) in [6.45, 7) is 3.50. The molecular formula is C10H9BrO2. The average molecular weight is 241 g/mol. The van der Waals surface area contributed by atoms with Crippen LogP contribution in [0.1, 0.15) is 11.5 Å². The molecule has 3 heteroatoms. The lowest BCUT2D eigenvalue weighted by Crippen LogP contribution is -2.08. The molecule has 0 aliphatic rings. The van der Waals surface area contributed by atoms with Crippen LogP contribution < -0.4 is 0 Å². The summed E-state index contributed by atoms with van der Waals surface area (Å²) in [6, 6.07) is 7.23. The summed E-state index contributed by atoms with van der Waals surface area (Å²) >= 11 is 3.29. The summed E-state index contributed by atoms with van der Waals surface area (Å²) < 4.78 is 0.794. The number of hydrogen-bond donors (Lipinski definition) is 1. The first-order valence-electron chi connectivity index (χ1n) is 3.76. The van der Waals surface area contributed by atoms with E-state index in [1.807, 2.05) is 12.1 Å². The van der Waals surface area contributed by atoms with Crippen LogP contribution in [0.3, 0.4) is 0 Å². The van der Waals surface area contributed by atoms with Gasteiger partial charge >= 0.3 is 5.97 Å². The normalized spacial score (nSPS) is 12.1. The van der Waals surface area contributed by atoms with E-state index in [1.54, 1.807) is 12.1 Å². The fourth-order valence-electron chi connectivity index (χ4n) is 1.09. The molecule has 68 valence electrons. The summed E-state index contributed by atoms with van der Waals surface area (Å²) in [6.07, 6.45) is 1.42. The van der Waals surface area contributed by atoms with E-state index in [1.165, 1.54) is 6.08 Å². The third kappa shape index (κ3) is 2.18. The van der Waals surface area contributed by atoms with Gasteiger partial charge in [-0.3, -0.25) is 4.79 Å². The highest BCUT2D eigenvalue weighted by Crippen LogP contribution is 2.25. The first kappa shape index (κ1) is 9.99. The Morgan fingerprint density at radius 2 is 2.15 bits per heavy atom. The summed E-state index contributed by atoms with van der Waals surface area (Å²) in [5, 5.41) is 8.86. The smallest absolute Gasteiger partial charge is 0.314 e. The van der Waals surface area contributed by atoms with E-state index in [9.17, 15) is 4.79 Å². The number of benzene rings is 1. The Morgan fingerprint density at radius 3 is 2.62 bits per heavy atom. The van der Waals surface area contributed by atoms with Crippen molar-refractivity contribution < 1.29 is 9.90 Å². The van der Waals surface area contributed by atoms with Crippen molar-refractivity contribution in [3.63, 3.8) is 0 Å². The summed E-state index contributed by atoms with van der Waals surface area (Å²) in [7, 11) is 0. The summed E-state index contributed by atoms with van der Waals surface area (Å²) in [5.74, 6) is -1.53. The molecule has 0 radical (unpaired) electrons. The standard InChI is InChI=1S/C10H9BrO2/c1-2-7(10(12)13)8-5-3-4-6-9(8)11/h2-7H,1H2,(H,12,13). The van der Waals surface area contributed by atoms with Gasteiger partial charge in [0.15, 0.2) is 0 Å². The van der Waals surface area contributed by atoms with Crippen LogP contribution in [0.4, 0.5) is 0 Å². The second-order valence-corrected chi connectivity index (χ2v) is 3.43. The third-order valence-electron chi connectivity index (χ3n) is 1.74. The van der Waals surface area contributed by atoms with Crippen molar-refractivity contribution in [3.05, 3.63) is 47.0 Å². The van der Waals surface area contributed by atoms with Gasteiger partial charge < -0.3 is 5.11 Å². The SMILES string of the molecule is C=CC(C(=O)O)c1ccccc1Br. The van der Waals surface area contributed by atoms with Crippen molar-refractivity contribution in [2.24, 2.45) is 0 Å². The number of aliphatic carboxylic acids is 1. The van der Waals surface area contributed by atoms with Gasteiger partial charge in [0, 0.05) is 4.47 Å². The maximum atomic E-state index is 10.8. The van der Waals surface area contributed by atoms with E-state index in [0.717, 1.165) is 10.0 Å². The molecule has 0 aromatic heterocycles. The molecule has 0 saturated heterocycles. The van der Waals surface area contributed by atoms with Crippen molar-refractivity contribution >= 4 is 21.9 Å². The molecule has 0 bridgehead atoms. The van der Waals surface area contributed by atoms with Gasteiger partial charge in [-0.25, -0.2) is 0 Å². The van der Waals surface area contributed by atoms with Gasteiger partial charge in [0.1, 0.15) is 5.92 Å². The van der Waals surface area contributed by atoms with Crippen molar-refractivity contribution in [2.75, 3.05) is 0 Å². The van der Waals surface area contributed by atoms with Crippen molar-refractivity contribution in [3.8, 4) is 0 Å². The zero-order chi connectivity index (χ0) is 9.84. The number of carboxylic acids is 1. The van der Waals surface area contributed by atoms with Crippen molar-refractivity contribution in [2.45, 2.75) is 5.92 Å². The molecule has 1 N–H and O–H groups in total. The molecule has 1 aromatic carbocycles. The highest BCUT2D eigenvalue weighted by molar-refractivity contribution is 9.10. The second kappa shape index (κ2) is 4.23. The second-order valence-electron chi connectivity index (χ2n) is 2.57. The molecule has 0 fully saturated rings.